The van der Waals surface area contributed by atoms with Gasteiger partial charge >= 0.3 is 6.09 Å². The molecular weight excluding hydrogens is 278 g/mol. The summed E-state index contributed by atoms with van der Waals surface area (Å²) in [5.74, 6) is 0. The summed E-state index contributed by atoms with van der Waals surface area (Å²) in [6, 6.07) is 0.366. The number of rotatable bonds is 9. The smallest absolute Gasteiger partial charge is 0.410 e. The van der Waals surface area contributed by atoms with E-state index in [9.17, 15) is 9.59 Å². The van der Waals surface area contributed by atoms with E-state index in [1.54, 1.807) is 0 Å². The first kappa shape index (κ1) is 19.0. The van der Waals surface area contributed by atoms with E-state index in [1.165, 1.54) is 25.7 Å². The van der Waals surface area contributed by atoms with Crippen molar-refractivity contribution in [3.63, 3.8) is 0 Å². The molecule has 0 bridgehead atoms. The molecule has 1 atom stereocenters. The van der Waals surface area contributed by atoms with Crippen LogP contribution in [0.15, 0.2) is 0 Å². The fourth-order valence-corrected chi connectivity index (χ4v) is 3.01. The molecule has 1 fully saturated rings. The Kier molecular flexibility index (Phi) is 8.51. The lowest BCUT2D eigenvalue weighted by atomic mass is 10.0. The lowest BCUT2D eigenvalue weighted by molar-refractivity contribution is -0.107. The van der Waals surface area contributed by atoms with Crippen molar-refractivity contribution in [2.75, 3.05) is 6.54 Å². The summed E-state index contributed by atoms with van der Waals surface area (Å²) in [5.41, 5.74) is -0.411. The number of ether oxygens (including phenoxy) is 1. The lowest BCUT2D eigenvalue weighted by Crippen LogP contribution is -2.39. The predicted molar refractivity (Wildman–Crippen MR) is 89.0 cm³/mol. The van der Waals surface area contributed by atoms with Gasteiger partial charge < -0.3 is 14.4 Å². The molecule has 0 aromatic carbocycles. The third-order valence-electron chi connectivity index (χ3n) is 4.11. The summed E-state index contributed by atoms with van der Waals surface area (Å²) < 4.78 is 5.49. The molecule has 0 radical (unpaired) electrons. The summed E-state index contributed by atoms with van der Waals surface area (Å²) in [6.07, 6.45) is 11.9. The van der Waals surface area contributed by atoms with Crippen LogP contribution in [0.2, 0.25) is 0 Å². The maximum atomic E-state index is 12.2. The average molecular weight is 311 g/mol. The molecule has 1 aliphatic rings. The number of nitrogens with zero attached hydrogens (tertiary/aromatic N) is 1. The Morgan fingerprint density at radius 2 is 1.77 bits per heavy atom. The van der Waals surface area contributed by atoms with Crippen LogP contribution < -0.4 is 0 Å². The van der Waals surface area contributed by atoms with Gasteiger partial charge in [-0.3, -0.25) is 0 Å². The SMILES string of the molecule is CC(C)(C)OC(=O)N1CCC[C@H]1CCCCCCCCC=O. The number of hydrogen-bond acceptors (Lipinski definition) is 3. The summed E-state index contributed by atoms with van der Waals surface area (Å²) in [6.45, 7) is 6.59. The van der Waals surface area contributed by atoms with Crippen LogP contribution in [0.3, 0.4) is 0 Å². The fourth-order valence-electron chi connectivity index (χ4n) is 3.01. The summed E-state index contributed by atoms with van der Waals surface area (Å²) in [5, 5.41) is 0. The topological polar surface area (TPSA) is 46.6 Å². The first-order chi connectivity index (χ1) is 10.4. The highest BCUT2D eigenvalue weighted by molar-refractivity contribution is 5.68. The second kappa shape index (κ2) is 9.86. The molecule has 4 nitrogen and oxygen atoms in total. The molecule has 128 valence electrons. The fraction of sp³-hybridized carbons (Fsp3) is 0.889. The zero-order valence-electron chi connectivity index (χ0n) is 14.6. The van der Waals surface area contributed by atoms with Crippen LogP contribution in [0, 0.1) is 0 Å². The molecule has 0 unspecified atom stereocenters. The van der Waals surface area contributed by atoms with Gasteiger partial charge in [-0.05, 0) is 46.5 Å². The molecule has 1 amide bonds. The summed E-state index contributed by atoms with van der Waals surface area (Å²) in [4.78, 5) is 24.3. The van der Waals surface area contributed by atoms with E-state index in [0.717, 1.165) is 44.9 Å². The van der Waals surface area contributed by atoms with Gasteiger partial charge in [-0.2, -0.15) is 0 Å². The minimum atomic E-state index is -0.411. The normalized spacial score (nSPS) is 18.5. The molecule has 1 heterocycles. The van der Waals surface area contributed by atoms with Crippen molar-refractivity contribution in [2.24, 2.45) is 0 Å². The third-order valence-corrected chi connectivity index (χ3v) is 4.11. The number of likely N-dealkylation sites (tertiary alicyclic amines) is 1. The van der Waals surface area contributed by atoms with E-state index in [-0.39, 0.29) is 6.09 Å². The van der Waals surface area contributed by atoms with Gasteiger partial charge in [-0.15, -0.1) is 0 Å². The van der Waals surface area contributed by atoms with Crippen LogP contribution in [-0.2, 0) is 9.53 Å². The zero-order chi connectivity index (χ0) is 16.4. The van der Waals surface area contributed by atoms with Gasteiger partial charge in [0.25, 0.3) is 0 Å². The Morgan fingerprint density at radius 1 is 1.14 bits per heavy atom. The van der Waals surface area contributed by atoms with Gasteiger partial charge in [-0.25, -0.2) is 4.79 Å². The number of carbonyl (C=O) groups excluding carboxylic acids is 2. The minimum absolute atomic E-state index is 0.149. The van der Waals surface area contributed by atoms with Gasteiger partial charge in [0.2, 0.25) is 0 Å². The van der Waals surface area contributed by atoms with E-state index in [0.29, 0.717) is 12.5 Å². The van der Waals surface area contributed by atoms with E-state index in [2.05, 4.69) is 0 Å². The number of unbranched alkanes of at least 4 members (excludes halogenated alkanes) is 6. The largest absolute Gasteiger partial charge is 0.444 e. The molecular formula is C18H33NO3. The van der Waals surface area contributed by atoms with Crippen molar-refractivity contribution in [1.82, 2.24) is 4.90 Å². The second-order valence-electron chi connectivity index (χ2n) is 7.34. The molecule has 0 aromatic heterocycles. The van der Waals surface area contributed by atoms with Crippen LogP contribution in [0.25, 0.3) is 0 Å². The standard InChI is InChI=1S/C18H33NO3/c1-18(2,3)22-17(21)19-14-11-13-16(19)12-9-7-5-4-6-8-10-15-20/h15-16H,4-14H2,1-3H3/t16-/m1/s1. The first-order valence-corrected chi connectivity index (χ1v) is 8.87. The van der Waals surface area contributed by atoms with Crippen LogP contribution in [-0.4, -0.2) is 35.5 Å². The van der Waals surface area contributed by atoms with E-state index in [4.69, 9.17) is 4.74 Å². The first-order valence-electron chi connectivity index (χ1n) is 8.87. The highest BCUT2D eigenvalue weighted by atomic mass is 16.6. The van der Waals surface area contributed by atoms with E-state index < -0.39 is 5.60 Å². The summed E-state index contributed by atoms with van der Waals surface area (Å²) in [7, 11) is 0. The van der Waals surface area contributed by atoms with Gasteiger partial charge in [0.1, 0.15) is 11.9 Å². The van der Waals surface area contributed by atoms with Crippen LogP contribution >= 0.6 is 0 Å². The molecule has 4 heteroatoms. The van der Waals surface area contributed by atoms with E-state index in [1.807, 2.05) is 25.7 Å². The lowest BCUT2D eigenvalue weighted by Gasteiger charge is -2.28. The van der Waals surface area contributed by atoms with E-state index >= 15 is 0 Å². The van der Waals surface area contributed by atoms with Crippen molar-refractivity contribution in [1.29, 1.82) is 0 Å². The van der Waals surface area contributed by atoms with Crippen molar-refractivity contribution in [2.45, 2.75) is 96.6 Å². The monoisotopic (exact) mass is 311 g/mol. The summed E-state index contributed by atoms with van der Waals surface area (Å²) >= 11 is 0. The highest BCUT2D eigenvalue weighted by Gasteiger charge is 2.31. The van der Waals surface area contributed by atoms with Crippen LogP contribution in [0.5, 0.6) is 0 Å². The Hall–Kier alpha value is -1.06. The van der Waals surface area contributed by atoms with Gasteiger partial charge in [-0.1, -0.05) is 32.1 Å². The highest BCUT2D eigenvalue weighted by Crippen LogP contribution is 2.25. The number of carbonyl (C=O) groups is 2. The van der Waals surface area contributed by atoms with Gasteiger partial charge in [0.15, 0.2) is 0 Å². The predicted octanol–water partition coefficient (Wildman–Crippen LogP) is 4.71. The van der Waals surface area contributed by atoms with Crippen molar-refractivity contribution >= 4 is 12.4 Å². The molecule has 0 spiro atoms. The molecule has 0 aliphatic carbocycles. The molecule has 0 saturated carbocycles. The number of aldehydes is 1. The number of hydrogen-bond donors (Lipinski definition) is 0. The second-order valence-corrected chi connectivity index (χ2v) is 7.34. The molecule has 22 heavy (non-hydrogen) atoms. The van der Waals surface area contributed by atoms with Crippen LogP contribution in [0.4, 0.5) is 4.79 Å². The Morgan fingerprint density at radius 3 is 2.41 bits per heavy atom. The van der Waals surface area contributed by atoms with Crippen molar-refractivity contribution < 1.29 is 14.3 Å². The maximum absolute atomic E-state index is 12.2. The molecule has 1 aliphatic heterocycles. The minimum Gasteiger partial charge on any atom is -0.444 e. The average Bonchev–Trinajstić information content (AvgIpc) is 2.88. The molecule has 0 aromatic rings. The van der Waals surface area contributed by atoms with Crippen molar-refractivity contribution in [3.8, 4) is 0 Å². The molecule has 1 saturated heterocycles. The Labute approximate surface area is 135 Å². The quantitative estimate of drug-likeness (QED) is 0.458. The van der Waals surface area contributed by atoms with Gasteiger partial charge in [0.05, 0.1) is 0 Å². The number of amides is 1. The Balaban J connectivity index is 2.16. The molecule has 1 rings (SSSR count). The Bertz CT molecular complexity index is 336. The molecule has 0 N–H and O–H groups in total. The maximum Gasteiger partial charge on any atom is 0.410 e. The third kappa shape index (κ3) is 7.81. The van der Waals surface area contributed by atoms with Crippen molar-refractivity contribution in [3.05, 3.63) is 0 Å². The van der Waals surface area contributed by atoms with Crippen LogP contribution in [0.1, 0.15) is 85.0 Å². The van der Waals surface area contributed by atoms with Gasteiger partial charge in [0, 0.05) is 19.0 Å². The zero-order valence-corrected chi connectivity index (χ0v) is 14.6.